The zero-order chi connectivity index (χ0) is 43.7. The van der Waals surface area contributed by atoms with Crippen molar-refractivity contribution in [1.82, 2.24) is 9.80 Å². The van der Waals surface area contributed by atoms with Crippen LogP contribution in [0.5, 0.6) is 0 Å². The number of aliphatic carboxylic acids is 3. The van der Waals surface area contributed by atoms with Gasteiger partial charge >= 0.3 is 17.9 Å². The smallest absolute Gasteiger partial charge is 0.336 e. The fraction of sp³-hybridized carbons (Fsp3) is 0.372. The highest BCUT2D eigenvalue weighted by atomic mass is 35.5. The Bertz CT molecular complexity index is 2340. The fourth-order valence-corrected chi connectivity index (χ4v) is 8.81. The lowest BCUT2D eigenvalue weighted by Gasteiger charge is -2.34. The number of hydrogen-bond donors (Lipinski definition) is 4. The van der Waals surface area contributed by atoms with Crippen LogP contribution in [-0.4, -0.2) is 108 Å². The normalized spacial score (nSPS) is 14.1. The molecule has 0 radical (unpaired) electrons. The van der Waals surface area contributed by atoms with Gasteiger partial charge in [-0.3, -0.25) is 14.4 Å². The van der Waals surface area contributed by atoms with Crippen LogP contribution in [0.25, 0.3) is 10.8 Å². The third-order valence-electron chi connectivity index (χ3n) is 10.5. The maximum Gasteiger partial charge on any atom is 0.336 e. The molecule has 1 aliphatic rings. The van der Waals surface area contributed by atoms with E-state index < -0.39 is 46.2 Å². The highest BCUT2D eigenvalue weighted by Crippen LogP contribution is 2.35. The molecule has 1 fully saturated rings. The van der Waals surface area contributed by atoms with E-state index in [1.165, 1.54) is 6.26 Å². The van der Waals surface area contributed by atoms with E-state index in [4.69, 9.17) is 43.6 Å². The van der Waals surface area contributed by atoms with Crippen molar-refractivity contribution in [3.63, 3.8) is 0 Å². The molecule has 1 heterocycles. The summed E-state index contributed by atoms with van der Waals surface area (Å²) in [6, 6.07) is 24.9. The van der Waals surface area contributed by atoms with Gasteiger partial charge in [0.05, 0.1) is 45.0 Å². The van der Waals surface area contributed by atoms with Crippen LogP contribution in [-0.2, 0) is 30.6 Å². The molecule has 59 heavy (non-hydrogen) atoms. The zero-order valence-corrected chi connectivity index (χ0v) is 35.2. The Labute approximate surface area is 353 Å². The number of amides is 1. The van der Waals surface area contributed by atoms with Crippen LogP contribution in [0.3, 0.4) is 0 Å². The molecule has 0 spiro atoms. The van der Waals surface area contributed by atoms with E-state index in [-0.39, 0.29) is 17.7 Å². The number of sulfone groups is 1. The molecule has 0 aliphatic carbocycles. The van der Waals surface area contributed by atoms with Crippen LogP contribution >= 0.6 is 23.2 Å². The summed E-state index contributed by atoms with van der Waals surface area (Å²) in [6.07, 6.45) is 2.11. The van der Waals surface area contributed by atoms with Crippen LogP contribution in [0.2, 0.25) is 10.0 Å². The monoisotopic (exact) mass is 867 g/mol. The summed E-state index contributed by atoms with van der Waals surface area (Å²) in [5, 5.41) is 46.4. The number of fused-ring (bicyclic) bond motifs is 1. The second kappa shape index (κ2) is 20.3. The summed E-state index contributed by atoms with van der Waals surface area (Å²) >= 11 is 12.7. The standard InChI is InChI=1S/C37H39Cl2N3O3S.C6H8O7/c1-4-30-29(23-40)21-27-9-5-6-11-32(27)36(30)37(43)41(2)24-28(26-13-14-33(38)34(39)22-26)17-20-42-18-15-25(16-19-42)31-10-7-8-12-35(31)46(3,44)45;7-3(8)1-6(13,5(11)12)2-4(9)10/h5-14,21-22,25,28H,4,15-20,24H2,1-3H3;13H,1-2H2,(H,7,8)(H,9,10)(H,11,12)/t28-;/m1./s1. The number of nitrogens with zero attached hydrogens (tertiary/aromatic N) is 3. The number of carboxylic acids is 3. The minimum absolute atomic E-state index is 0.0112. The zero-order valence-electron chi connectivity index (χ0n) is 32.9. The first-order valence-electron chi connectivity index (χ1n) is 18.8. The Morgan fingerprint density at radius 2 is 1.54 bits per heavy atom. The molecule has 13 nitrogen and oxygen atoms in total. The van der Waals surface area contributed by atoms with Gasteiger partial charge in [0.15, 0.2) is 15.4 Å². The van der Waals surface area contributed by atoms with Crippen molar-refractivity contribution in [2.45, 2.75) is 67.8 Å². The second-order valence-corrected chi connectivity index (χ2v) is 17.5. The van der Waals surface area contributed by atoms with Crippen molar-refractivity contribution < 1.29 is 48.0 Å². The largest absolute Gasteiger partial charge is 0.481 e. The van der Waals surface area contributed by atoms with Gasteiger partial charge in [-0.15, -0.1) is 0 Å². The van der Waals surface area contributed by atoms with Crippen LogP contribution in [0, 0.1) is 11.3 Å². The third kappa shape index (κ3) is 12.0. The number of piperidine rings is 1. The Hall–Kier alpha value is -5.04. The summed E-state index contributed by atoms with van der Waals surface area (Å²) < 4.78 is 24.8. The highest BCUT2D eigenvalue weighted by molar-refractivity contribution is 7.90. The van der Waals surface area contributed by atoms with Gasteiger partial charge in [0.2, 0.25) is 0 Å². The summed E-state index contributed by atoms with van der Waals surface area (Å²) in [5.74, 6) is -4.94. The molecular formula is C43H47Cl2N3O10S. The lowest BCUT2D eigenvalue weighted by Crippen LogP contribution is -2.42. The molecule has 0 unspecified atom stereocenters. The molecular weight excluding hydrogens is 821 g/mol. The number of carboxylic acid groups (broad SMARTS) is 3. The molecule has 4 aromatic rings. The van der Waals surface area contributed by atoms with Gasteiger partial charge in [0.1, 0.15) is 0 Å². The van der Waals surface area contributed by atoms with Crippen LogP contribution in [0.4, 0.5) is 0 Å². The molecule has 314 valence electrons. The van der Waals surface area contributed by atoms with Crippen LogP contribution < -0.4 is 0 Å². The minimum Gasteiger partial charge on any atom is -0.481 e. The summed E-state index contributed by atoms with van der Waals surface area (Å²) in [7, 11) is -1.47. The average molecular weight is 869 g/mol. The predicted octanol–water partition coefficient (Wildman–Crippen LogP) is 6.86. The predicted molar refractivity (Wildman–Crippen MR) is 224 cm³/mol. The van der Waals surface area contributed by atoms with Crippen molar-refractivity contribution in [3.05, 3.63) is 111 Å². The first kappa shape index (κ1) is 46.6. The van der Waals surface area contributed by atoms with Crippen molar-refractivity contribution in [2.75, 3.05) is 39.5 Å². The molecule has 4 N–H and O–H groups in total. The number of rotatable bonds is 15. The Kier molecular flexibility index (Phi) is 16.0. The Balaban J connectivity index is 0.000000509. The van der Waals surface area contributed by atoms with E-state index in [1.807, 2.05) is 68.6 Å². The van der Waals surface area contributed by atoms with Gasteiger partial charge in [-0.1, -0.05) is 78.7 Å². The van der Waals surface area contributed by atoms with Crippen molar-refractivity contribution in [2.24, 2.45) is 0 Å². The van der Waals surface area contributed by atoms with Crippen LogP contribution in [0.1, 0.15) is 83.5 Å². The Morgan fingerprint density at radius 1 is 0.932 bits per heavy atom. The lowest BCUT2D eigenvalue weighted by molar-refractivity contribution is -0.170. The minimum atomic E-state index is -3.30. The molecule has 5 rings (SSSR count). The van der Waals surface area contributed by atoms with Gasteiger partial charge in [-0.25, -0.2) is 13.2 Å². The van der Waals surface area contributed by atoms with Gasteiger partial charge < -0.3 is 30.2 Å². The Morgan fingerprint density at radius 3 is 2.10 bits per heavy atom. The van der Waals surface area contributed by atoms with Gasteiger partial charge in [-0.2, -0.15) is 5.26 Å². The van der Waals surface area contributed by atoms with E-state index in [0.29, 0.717) is 39.0 Å². The molecule has 1 saturated heterocycles. The van der Waals surface area contributed by atoms with E-state index in [0.717, 1.165) is 66.4 Å². The number of carbonyl (C=O) groups excluding carboxylic acids is 1. The maximum absolute atomic E-state index is 14.2. The van der Waals surface area contributed by atoms with Crippen molar-refractivity contribution in [3.8, 4) is 6.07 Å². The van der Waals surface area contributed by atoms with Gasteiger partial charge in [0, 0.05) is 25.8 Å². The molecule has 0 saturated carbocycles. The molecule has 16 heteroatoms. The number of carbonyl (C=O) groups is 4. The molecule has 4 aromatic carbocycles. The lowest BCUT2D eigenvalue weighted by atomic mass is 9.88. The molecule has 0 bridgehead atoms. The van der Waals surface area contributed by atoms with Crippen LogP contribution in [0.15, 0.2) is 77.7 Å². The number of benzene rings is 4. The number of halogens is 2. The molecule has 0 aromatic heterocycles. The summed E-state index contributed by atoms with van der Waals surface area (Å²) in [4.78, 5) is 49.3. The molecule has 1 amide bonds. The number of likely N-dealkylation sites (tertiary alicyclic amines) is 1. The maximum atomic E-state index is 14.2. The summed E-state index contributed by atoms with van der Waals surface area (Å²) in [6.45, 7) is 4.98. The average Bonchev–Trinajstić information content (AvgIpc) is 3.18. The van der Waals surface area contributed by atoms with Crippen molar-refractivity contribution in [1.29, 1.82) is 5.26 Å². The van der Waals surface area contributed by atoms with E-state index in [1.54, 1.807) is 23.1 Å². The summed E-state index contributed by atoms with van der Waals surface area (Å²) in [5.41, 5.74) is 1.07. The van der Waals surface area contributed by atoms with E-state index in [2.05, 4.69) is 11.0 Å². The number of likely N-dealkylation sites (N-methyl/N-ethyl adjacent to an activating group) is 1. The third-order valence-corrected chi connectivity index (χ3v) is 12.4. The topological polar surface area (TPSA) is 214 Å². The van der Waals surface area contributed by atoms with E-state index in [9.17, 15) is 32.9 Å². The number of nitriles is 1. The van der Waals surface area contributed by atoms with Crippen molar-refractivity contribution >= 4 is 67.6 Å². The second-order valence-electron chi connectivity index (χ2n) is 14.7. The van der Waals surface area contributed by atoms with Gasteiger partial charge in [0.25, 0.3) is 5.91 Å². The highest BCUT2D eigenvalue weighted by Gasteiger charge is 2.41. The molecule has 1 atom stereocenters. The SMILES string of the molecule is CCc1c(C#N)cc2ccccc2c1C(=O)N(C)C[C@@H](CCN1CCC(c2ccccc2S(C)(=O)=O)CC1)c1ccc(Cl)c(Cl)c1.O=C(O)CC(O)(CC(=O)O)C(=O)O. The molecule has 1 aliphatic heterocycles. The quantitative estimate of drug-likeness (QED) is 0.0965. The van der Waals surface area contributed by atoms with E-state index >= 15 is 0 Å². The first-order chi connectivity index (χ1) is 27.8. The van der Waals surface area contributed by atoms with Gasteiger partial charge in [-0.05, 0) is 103 Å². The number of hydrogen-bond acceptors (Lipinski definition) is 9. The first-order valence-corrected chi connectivity index (χ1v) is 21.5. The number of aliphatic hydroxyl groups is 1. The fourth-order valence-electron chi connectivity index (χ4n) is 7.51.